The number of carbonyl (C=O) groups is 2. The Bertz CT molecular complexity index is 801. The Morgan fingerprint density at radius 1 is 1.20 bits per heavy atom. The van der Waals surface area contributed by atoms with E-state index in [-0.39, 0.29) is 18.4 Å². The third-order valence-corrected chi connectivity index (χ3v) is 4.43. The maximum Gasteiger partial charge on any atom is 0.258 e. The van der Waals surface area contributed by atoms with Gasteiger partial charge >= 0.3 is 0 Å². The molecule has 1 heterocycles. The normalized spacial score (nSPS) is 12.8. The predicted molar refractivity (Wildman–Crippen MR) is 96.7 cm³/mol. The number of fused-ring (bicyclic) bond motifs is 1. The summed E-state index contributed by atoms with van der Waals surface area (Å²) in [6.07, 6.45) is 0.850. The monoisotopic (exact) mass is 338 g/mol. The van der Waals surface area contributed by atoms with Gasteiger partial charge in [-0.15, -0.1) is 0 Å². The Balaban J connectivity index is 1.79. The zero-order valence-corrected chi connectivity index (χ0v) is 14.5. The number of anilines is 1. The van der Waals surface area contributed by atoms with Crippen LogP contribution in [-0.2, 0) is 22.5 Å². The molecule has 0 aliphatic carbocycles. The zero-order valence-electron chi connectivity index (χ0n) is 14.5. The van der Waals surface area contributed by atoms with E-state index in [1.807, 2.05) is 54.3 Å². The SMILES string of the molecule is COCC(=O)NCc1ccc2c(c1)N(C(=O)c1ccccc1C)CC2. The Hall–Kier alpha value is -2.66. The fraction of sp³-hybridized carbons (Fsp3) is 0.300. The van der Waals surface area contributed by atoms with Gasteiger partial charge < -0.3 is 15.0 Å². The van der Waals surface area contributed by atoms with Crippen LogP contribution in [0.3, 0.4) is 0 Å². The molecule has 0 radical (unpaired) electrons. The molecule has 0 spiro atoms. The first kappa shape index (κ1) is 17.2. The third kappa shape index (κ3) is 3.72. The lowest BCUT2D eigenvalue weighted by molar-refractivity contribution is -0.124. The summed E-state index contributed by atoms with van der Waals surface area (Å²) in [6, 6.07) is 13.7. The van der Waals surface area contributed by atoms with Crippen LogP contribution in [0, 0.1) is 6.92 Å². The summed E-state index contributed by atoms with van der Waals surface area (Å²) in [6.45, 7) is 3.10. The number of hydrogen-bond acceptors (Lipinski definition) is 3. The molecule has 0 atom stereocenters. The van der Waals surface area contributed by atoms with Crippen LogP contribution in [0.25, 0.3) is 0 Å². The molecular formula is C20H22N2O3. The minimum atomic E-state index is -0.157. The van der Waals surface area contributed by atoms with Crippen LogP contribution in [0.5, 0.6) is 0 Å². The summed E-state index contributed by atoms with van der Waals surface area (Å²) >= 11 is 0. The fourth-order valence-electron chi connectivity index (χ4n) is 3.09. The number of methoxy groups -OCH3 is 1. The first-order valence-electron chi connectivity index (χ1n) is 8.35. The average molecular weight is 338 g/mol. The van der Waals surface area contributed by atoms with Crippen molar-refractivity contribution in [2.24, 2.45) is 0 Å². The number of hydrogen-bond donors (Lipinski definition) is 1. The molecule has 0 saturated carbocycles. The van der Waals surface area contributed by atoms with Gasteiger partial charge in [0.05, 0.1) is 0 Å². The second-order valence-electron chi connectivity index (χ2n) is 6.19. The average Bonchev–Trinajstić information content (AvgIpc) is 3.03. The van der Waals surface area contributed by atoms with E-state index >= 15 is 0 Å². The van der Waals surface area contributed by atoms with E-state index in [1.165, 1.54) is 7.11 Å². The van der Waals surface area contributed by atoms with Crippen molar-refractivity contribution in [1.29, 1.82) is 0 Å². The topological polar surface area (TPSA) is 58.6 Å². The number of benzene rings is 2. The number of carbonyl (C=O) groups excluding carboxylic acids is 2. The van der Waals surface area contributed by atoms with Crippen LogP contribution in [0.15, 0.2) is 42.5 Å². The molecule has 3 rings (SSSR count). The molecule has 1 aliphatic rings. The molecule has 0 bridgehead atoms. The first-order chi connectivity index (χ1) is 12.1. The Labute approximate surface area is 147 Å². The quantitative estimate of drug-likeness (QED) is 0.911. The van der Waals surface area contributed by atoms with Crippen molar-refractivity contribution in [3.05, 3.63) is 64.7 Å². The maximum atomic E-state index is 12.9. The molecule has 25 heavy (non-hydrogen) atoms. The summed E-state index contributed by atoms with van der Waals surface area (Å²) in [5.41, 5.74) is 4.77. The van der Waals surface area contributed by atoms with Gasteiger partial charge in [0.25, 0.3) is 5.91 Å². The van der Waals surface area contributed by atoms with Crippen LogP contribution in [-0.4, -0.2) is 32.1 Å². The van der Waals surface area contributed by atoms with Crippen LogP contribution in [0.1, 0.15) is 27.0 Å². The Morgan fingerprint density at radius 3 is 2.76 bits per heavy atom. The molecule has 130 valence electrons. The molecule has 0 fully saturated rings. The van der Waals surface area contributed by atoms with Gasteiger partial charge in [-0.3, -0.25) is 9.59 Å². The molecular weight excluding hydrogens is 316 g/mol. The van der Waals surface area contributed by atoms with E-state index in [4.69, 9.17) is 4.74 Å². The van der Waals surface area contributed by atoms with Crippen molar-refractivity contribution in [2.45, 2.75) is 19.9 Å². The smallest absolute Gasteiger partial charge is 0.258 e. The van der Waals surface area contributed by atoms with E-state index in [9.17, 15) is 9.59 Å². The second kappa shape index (κ2) is 7.49. The third-order valence-electron chi connectivity index (χ3n) is 4.43. The van der Waals surface area contributed by atoms with E-state index in [0.29, 0.717) is 13.1 Å². The molecule has 1 aliphatic heterocycles. The van der Waals surface area contributed by atoms with Crippen molar-refractivity contribution >= 4 is 17.5 Å². The van der Waals surface area contributed by atoms with Crippen LogP contribution in [0.4, 0.5) is 5.69 Å². The number of ether oxygens (including phenoxy) is 1. The lowest BCUT2D eigenvalue weighted by Crippen LogP contribution is -2.30. The van der Waals surface area contributed by atoms with Crippen LogP contribution in [0.2, 0.25) is 0 Å². The molecule has 2 amide bonds. The number of amides is 2. The van der Waals surface area contributed by atoms with Crippen molar-refractivity contribution in [1.82, 2.24) is 5.32 Å². The van der Waals surface area contributed by atoms with E-state index < -0.39 is 0 Å². The fourth-order valence-corrected chi connectivity index (χ4v) is 3.09. The summed E-state index contributed by atoms with van der Waals surface area (Å²) < 4.78 is 4.81. The van der Waals surface area contributed by atoms with Crippen LogP contribution >= 0.6 is 0 Å². The van der Waals surface area contributed by atoms with Crippen molar-refractivity contribution < 1.29 is 14.3 Å². The summed E-state index contributed by atoms with van der Waals surface area (Å²) in [4.78, 5) is 26.3. The van der Waals surface area contributed by atoms with Crippen molar-refractivity contribution in [3.63, 3.8) is 0 Å². The maximum absolute atomic E-state index is 12.9. The summed E-state index contributed by atoms with van der Waals surface area (Å²) in [7, 11) is 1.49. The molecule has 0 unspecified atom stereocenters. The van der Waals surface area contributed by atoms with Gasteiger partial charge in [0.2, 0.25) is 5.91 Å². The molecule has 5 heteroatoms. The number of aryl methyl sites for hydroxylation is 1. The first-order valence-corrected chi connectivity index (χ1v) is 8.35. The largest absolute Gasteiger partial charge is 0.375 e. The molecule has 0 saturated heterocycles. The summed E-state index contributed by atoms with van der Waals surface area (Å²) in [5, 5.41) is 2.81. The van der Waals surface area contributed by atoms with E-state index in [2.05, 4.69) is 5.32 Å². The highest BCUT2D eigenvalue weighted by atomic mass is 16.5. The van der Waals surface area contributed by atoms with Crippen molar-refractivity contribution in [3.8, 4) is 0 Å². The highest BCUT2D eigenvalue weighted by Crippen LogP contribution is 2.30. The molecule has 1 N–H and O–H groups in total. The van der Waals surface area contributed by atoms with Gasteiger partial charge in [-0.1, -0.05) is 30.3 Å². The van der Waals surface area contributed by atoms with Gasteiger partial charge in [-0.05, 0) is 42.2 Å². The lowest BCUT2D eigenvalue weighted by atomic mass is 10.1. The van der Waals surface area contributed by atoms with Gasteiger partial charge in [0, 0.05) is 31.5 Å². The van der Waals surface area contributed by atoms with Gasteiger partial charge in [-0.25, -0.2) is 0 Å². The minimum absolute atomic E-state index is 0.0254. The number of rotatable bonds is 5. The highest BCUT2D eigenvalue weighted by molar-refractivity contribution is 6.08. The molecule has 2 aromatic carbocycles. The van der Waals surface area contributed by atoms with E-state index in [1.54, 1.807) is 0 Å². The van der Waals surface area contributed by atoms with Gasteiger partial charge in [-0.2, -0.15) is 0 Å². The number of nitrogens with zero attached hydrogens (tertiary/aromatic N) is 1. The lowest BCUT2D eigenvalue weighted by Gasteiger charge is -2.19. The number of nitrogens with one attached hydrogen (secondary N) is 1. The van der Waals surface area contributed by atoms with Crippen LogP contribution < -0.4 is 10.2 Å². The second-order valence-corrected chi connectivity index (χ2v) is 6.19. The molecule has 0 aromatic heterocycles. The standard InChI is InChI=1S/C20H22N2O3/c1-14-5-3-4-6-17(14)20(24)22-10-9-16-8-7-15(11-18(16)22)12-21-19(23)13-25-2/h3-8,11H,9-10,12-13H2,1-2H3,(H,21,23). The molecule has 5 nitrogen and oxygen atoms in total. The van der Waals surface area contributed by atoms with Crippen molar-refractivity contribution in [2.75, 3.05) is 25.2 Å². The highest BCUT2D eigenvalue weighted by Gasteiger charge is 2.26. The zero-order chi connectivity index (χ0) is 17.8. The summed E-state index contributed by atoms with van der Waals surface area (Å²) in [5.74, 6) is -0.131. The van der Waals surface area contributed by atoms with E-state index in [0.717, 1.165) is 34.4 Å². The molecule has 2 aromatic rings. The Kier molecular flexibility index (Phi) is 5.14. The van der Waals surface area contributed by atoms with Gasteiger partial charge in [0.15, 0.2) is 0 Å². The Morgan fingerprint density at radius 2 is 2.00 bits per heavy atom. The van der Waals surface area contributed by atoms with Gasteiger partial charge in [0.1, 0.15) is 6.61 Å². The predicted octanol–water partition coefficient (Wildman–Crippen LogP) is 2.46. The minimum Gasteiger partial charge on any atom is -0.375 e.